The summed E-state index contributed by atoms with van der Waals surface area (Å²) in [5.41, 5.74) is 0. The summed E-state index contributed by atoms with van der Waals surface area (Å²) < 4.78 is 0. The van der Waals surface area contributed by atoms with E-state index >= 15 is 0 Å². The van der Waals surface area contributed by atoms with Gasteiger partial charge in [-0.3, -0.25) is 0 Å². The molecule has 64 valence electrons. The highest BCUT2D eigenvalue weighted by Crippen LogP contribution is 2.49. The van der Waals surface area contributed by atoms with Gasteiger partial charge in [0.1, 0.15) is 0 Å². The number of rotatable bonds is 3. The van der Waals surface area contributed by atoms with Crippen LogP contribution in [-0.4, -0.2) is 5.88 Å². The lowest BCUT2D eigenvalue weighted by molar-refractivity contribution is 0.313. The van der Waals surface area contributed by atoms with Crippen LogP contribution in [-0.2, 0) is 0 Å². The average Bonchev–Trinajstić information content (AvgIpc) is 2.60. The van der Waals surface area contributed by atoms with Gasteiger partial charge in [0, 0.05) is 5.88 Å². The van der Waals surface area contributed by atoms with Crippen molar-refractivity contribution in [3.8, 4) is 0 Å². The molecule has 0 aliphatic heterocycles. The quantitative estimate of drug-likeness (QED) is 0.573. The molecule has 11 heavy (non-hydrogen) atoms. The van der Waals surface area contributed by atoms with E-state index in [2.05, 4.69) is 0 Å². The zero-order valence-electron chi connectivity index (χ0n) is 7.06. The molecule has 0 nitrogen and oxygen atoms in total. The fraction of sp³-hybridized carbons (Fsp3) is 1.00. The van der Waals surface area contributed by atoms with Crippen LogP contribution in [0, 0.1) is 17.8 Å². The molecule has 0 radical (unpaired) electrons. The normalized spacial score (nSPS) is 41.7. The van der Waals surface area contributed by atoms with Gasteiger partial charge in [0.15, 0.2) is 0 Å². The molecule has 0 spiro atoms. The van der Waals surface area contributed by atoms with E-state index in [4.69, 9.17) is 11.6 Å². The molecule has 0 aromatic heterocycles. The van der Waals surface area contributed by atoms with Crippen LogP contribution in [0.25, 0.3) is 0 Å². The summed E-state index contributed by atoms with van der Waals surface area (Å²) in [7, 11) is 0. The first-order valence-corrected chi connectivity index (χ1v) is 5.49. The van der Waals surface area contributed by atoms with Crippen molar-refractivity contribution in [3.05, 3.63) is 0 Å². The lowest BCUT2D eigenvalue weighted by atomic mass is 9.86. The third kappa shape index (κ3) is 1.56. The Balaban J connectivity index is 1.78. The monoisotopic (exact) mass is 172 g/mol. The number of alkyl halides is 1. The van der Waals surface area contributed by atoms with E-state index in [9.17, 15) is 0 Å². The zero-order chi connectivity index (χ0) is 7.68. The Morgan fingerprint density at radius 1 is 1.18 bits per heavy atom. The summed E-state index contributed by atoms with van der Waals surface area (Å²) in [5, 5.41) is 0. The van der Waals surface area contributed by atoms with Crippen LogP contribution in [0.3, 0.4) is 0 Å². The first kappa shape index (κ1) is 7.91. The van der Waals surface area contributed by atoms with Gasteiger partial charge in [0.25, 0.3) is 0 Å². The minimum absolute atomic E-state index is 0.869. The molecular formula is C10H17Cl. The topological polar surface area (TPSA) is 0 Å². The van der Waals surface area contributed by atoms with Gasteiger partial charge in [-0.15, -0.1) is 11.6 Å². The number of halogens is 1. The number of hydrogen-bond donors (Lipinski definition) is 0. The second-order valence-corrected chi connectivity index (χ2v) is 4.64. The summed E-state index contributed by atoms with van der Waals surface area (Å²) in [6.45, 7) is 0. The van der Waals surface area contributed by atoms with Crippen LogP contribution in [0.5, 0.6) is 0 Å². The van der Waals surface area contributed by atoms with Crippen LogP contribution < -0.4 is 0 Å². The summed E-state index contributed by atoms with van der Waals surface area (Å²) in [5.74, 6) is 4.14. The molecule has 2 aliphatic rings. The van der Waals surface area contributed by atoms with Crippen molar-refractivity contribution in [2.24, 2.45) is 17.8 Å². The van der Waals surface area contributed by atoms with Gasteiger partial charge in [-0.25, -0.2) is 0 Å². The standard InChI is InChI=1S/C10H17Cl/c11-5-1-2-9-6-8-3-4-10(9)7-8/h8-10H,1-7H2. The molecule has 0 saturated heterocycles. The van der Waals surface area contributed by atoms with Crippen LogP contribution in [0.15, 0.2) is 0 Å². The molecule has 3 atom stereocenters. The lowest BCUT2D eigenvalue weighted by Gasteiger charge is -2.20. The van der Waals surface area contributed by atoms with Crippen molar-refractivity contribution in [3.63, 3.8) is 0 Å². The molecule has 0 amide bonds. The fourth-order valence-electron chi connectivity index (χ4n) is 3.07. The molecule has 2 rings (SSSR count). The zero-order valence-corrected chi connectivity index (χ0v) is 7.82. The molecule has 2 aliphatic carbocycles. The summed E-state index contributed by atoms with van der Waals surface area (Å²) in [6.07, 6.45) is 8.79. The minimum atomic E-state index is 0.869. The van der Waals surface area contributed by atoms with E-state index in [1.165, 1.54) is 32.1 Å². The maximum absolute atomic E-state index is 5.68. The van der Waals surface area contributed by atoms with Crippen molar-refractivity contribution in [1.82, 2.24) is 0 Å². The Bertz CT molecular complexity index is 133. The summed E-state index contributed by atoms with van der Waals surface area (Å²) in [6, 6.07) is 0. The Morgan fingerprint density at radius 3 is 2.64 bits per heavy atom. The van der Waals surface area contributed by atoms with Crippen molar-refractivity contribution >= 4 is 11.6 Å². The summed E-state index contributed by atoms with van der Waals surface area (Å²) in [4.78, 5) is 0. The predicted molar refractivity (Wildman–Crippen MR) is 48.9 cm³/mol. The van der Waals surface area contributed by atoms with Crippen molar-refractivity contribution in [2.75, 3.05) is 5.88 Å². The molecule has 0 N–H and O–H groups in total. The largest absolute Gasteiger partial charge is 0.127 e. The van der Waals surface area contributed by atoms with Gasteiger partial charge < -0.3 is 0 Å². The Labute approximate surface area is 74.3 Å². The van der Waals surface area contributed by atoms with Gasteiger partial charge in [0.05, 0.1) is 0 Å². The Morgan fingerprint density at radius 2 is 2.09 bits per heavy atom. The smallest absolute Gasteiger partial charge is 0.0223 e. The van der Waals surface area contributed by atoms with Crippen LogP contribution in [0.4, 0.5) is 0 Å². The van der Waals surface area contributed by atoms with E-state index in [0.29, 0.717) is 0 Å². The van der Waals surface area contributed by atoms with Gasteiger partial charge >= 0.3 is 0 Å². The number of fused-ring (bicyclic) bond motifs is 2. The predicted octanol–water partition coefficient (Wildman–Crippen LogP) is 3.44. The van der Waals surface area contributed by atoms with Gasteiger partial charge in [-0.2, -0.15) is 0 Å². The lowest BCUT2D eigenvalue weighted by Crippen LogP contribution is -2.10. The average molecular weight is 173 g/mol. The molecule has 1 heteroatoms. The highest BCUT2D eigenvalue weighted by Gasteiger charge is 2.38. The maximum atomic E-state index is 5.68. The first-order chi connectivity index (χ1) is 5.40. The van der Waals surface area contributed by atoms with E-state index < -0.39 is 0 Å². The maximum Gasteiger partial charge on any atom is 0.0223 e. The Hall–Kier alpha value is 0.290. The Kier molecular flexibility index (Phi) is 2.41. The molecule has 2 saturated carbocycles. The van der Waals surface area contributed by atoms with Crippen molar-refractivity contribution in [2.45, 2.75) is 38.5 Å². The molecule has 0 heterocycles. The van der Waals surface area contributed by atoms with Crippen LogP contribution >= 0.6 is 11.6 Å². The van der Waals surface area contributed by atoms with E-state index in [1.807, 2.05) is 0 Å². The van der Waals surface area contributed by atoms with Gasteiger partial charge in [0.2, 0.25) is 0 Å². The van der Waals surface area contributed by atoms with E-state index in [1.54, 1.807) is 6.42 Å². The molecule has 0 aromatic rings. The first-order valence-electron chi connectivity index (χ1n) is 4.96. The molecule has 2 fully saturated rings. The minimum Gasteiger partial charge on any atom is -0.127 e. The van der Waals surface area contributed by atoms with Crippen LogP contribution in [0.1, 0.15) is 38.5 Å². The SMILES string of the molecule is ClCCCC1CC2CCC1C2. The molecule has 0 aromatic carbocycles. The highest BCUT2D eigenvalue weighted by molar-refractivity contribution is 6.17. The van der Waals surface area contributed by atoms with Gasteiger partial charge in [-0.05, 0) is 49.9 Å². The van der Waals surface area contributed by atoms with Crippen molar-refractivity contribution < 1.29 is 0 Å². The molecule has 2 bridgehead atoms. The van der Waals surface area contributed by atoms with E-state index in [0.717, 1.165) is 23.6 Å². The van der Waals surface area contributed by atoms with Crippen molar-refractivity contribution in [1.29, 1.82) is 0 Å². The van der Waals surface area contributed by atoms with E-state index in [-0.39, 0.29) is 0 Å². The van der Waals surface area contributed by atoms with Gasteiger partial charge in [-0.1, -0.05) is 6.42 Å². The van der Waals surface area contributed by atoms with Crippen LogP contribution in [0.2, 0.25) is 0 Å². The third-order valence-corrected chi connectivity index (χ3v) is 3.86. The molecular weight excluding hydrogens is 156 g/mol. The number of hydrogen-bond acceptors (Lipinski definition) is 0. The third-order valence-electron chi connectivity index (χ3n) is 3.59. The second-order valence-electron chi connectivity index (χ2n) is 4.27. The highest BCUT2D eigenvalue weighted by atomic mass is 35.5. The molecule has 3 unspecified atom stereocenters. The fourth-order valence-corrected chi connectivity index (χ4v) is 3.22. The second kappa shape index (κ2) is 3.35. The summed E-state index contributed by atoms with van der Waals surface area (Å²) >= 11 is 5.68.